The van der Waals surface area contributed by atoms with Crippen LogP contribution in [-0.4, -0.2) is 12.1 Å². The Bertz CT molecular complexity index is 562. The molecule has 0 amide bonds. The highest BCUT2D eigenvalue weighted by Gasteiger charge is 2.58. The van der Waals surface area contributed by atoms with Gasteiger partial charge in [-0.15, -0.1) is 0 Å². The fourth-order valence-corrected chi connectivity index (χ4v) is 6.63. The molecule has 2 nitrogen and oxygen atoms in total. The second kappa shape index (κ2) is 6.04. The zero-order valence-corrected chi connectivity index (χ0v) is 16.0. The van der Waals surface area contributed by atoms with E-state index in [1.807, 2.05) is 0 Å². The Balaban J connectivity index is 1.90. The largest absolute Gasteiger partial charge is 0.458 e. The van der Waals surface area contributed by atoms with Crippen LogP contribution in [0.3, 0.4) is 0 Å². The van der Waals surface area contributed by atoms with Gasteiger partial charge in [-0.3, -0.25) is 4.79 Å². The summed E-state index contributed by atoms with van der Waals surface area (Å²) in [6, 6.07) is 0. The number of carbonyl (C=O) groups is 1. The highest BCUT2D eigenvalue weighted by molar-refractivity contribution is 5.66. The molecule has 0 N–H and O–H groups in total. The second-order valence-electron chi connectivity index (χ2n) is 9.35. The molecule has 0 radical (unpaired) electrons. The number of rotatable bonds is 2. The van der Waals surface area contributed by atoms with Gasteiger partial charge in [0, 0.05) is 6.92 Å². The van der Waals surface area contributed by atoms with Crippen LogP contribution in [0.5, 0.6) is 0 Å². The van der Waals surface area contributed by atoms with Crippen LogP contribution in [0.25, 0.3) is 0 Å². The van der Waals surface area contributed by atoms with Crippen molar-refractivity contribution in [3.8, 4) is 0 Å². The standard InChI is InChI=1S/C22H34O2/c1-14(2)17-9-12-22(6)18(17)10-11-21(5)13-19(24-16(4)23)15(3)7-8-20(21)22/h17-20H,1,3,7-13H2,2,4-6H3/t17-,18+,19-,20+,21+,22+/m0/s1. The number of ether oxygens (including phenoxy) is 1. The number of esters is 1. The first kappa shape index (κ1) is 17.8. The van der Waals surface area contributed by atoms with Gasteiger partial charge < -0.3 is 4.74 Å². The van der Waals surface area contributed by atoms with Gasteiger partial charge in [0.05, 0.1) is 0 Å². The molecular weight excluding hydrogens is 296 g/mol. The van der Waals surface area contributed by atoms with Crippen molar-refractivity contribution < 1.29 is 9.53 Å². The van der Waals surface area contributed by atoms with Gasteiger partial charge >= 0.3 is 5.97 Å². The maximum Gasteiger partial charge on any atom is 0.303 e. The van der Waals surface area contributed by atoms with Crippen molar-refractivity contribution in [3.63, 3.8) is 0 Å². The summed E-state index contributed by atoms with van der Waals surface area (Å²) < 4.78 is 5.65. The van der Waals surface area contributed by atoms with E-state index in [2.05, 4.69) is 33.9 Å². The van der Waals surface area contributed by atoms with Gasteiger partial charge in [0.2, 0.25) is 0 Å². The van der Waals surface area contributed by atoms with Gasteiger partial charge in [0.1, 0.15) is 6.10 Å². The molecule has 3 aliphatic rings. The number of fused-ring (bicyclic) bond motifs is 3. The molecule has 6 atom stereocenters. The van der Waals surface area contributed by atoms with E-state index in [0.717, 1.165) is 24.3 Å². The Morgan fingerprint density at radius 2 is 1.88 bits per heavy atom. The Morgan fingerprint density at radius 3 is 2.50 bits per heavy atom. The topological polar surface area (TPSA) is 26.3 Å². The third-order valence-corrected chi connectivity index (χ3v) is 7.79. The van der Waals surface area contributed by atoms with Crippen molar-refractivity contribution >= 4 is 5.97 Å². The highest BCUT2D eigenvalue weighted by atomic mass is 16.5. The van der Waals surface area contributed by atoms with E-state index >= 15 is 0 Å². The normalized spacial score (nSPS) is 45.1. The zero-order chi connectivity index (χ0) is 17.7. The molecule has 0 aromatic rings. The van der Waals surface area contributed by atoms with Gasteiger partial charge in [-0.25, -0.2) is 0 Å². The molecular formula is C22H34O2. The monoisotopic (exact) mass is 330 g/mol. The molecule has 3 fully saturated rings. The first-order chi connectivity index (χ1) is 11.2. The zero-order valence-electron chi connectivity index (χ0n) is 16.0. The van der Waals surface area contributed by atoms with Gasteiger partial charge in [-0.2, -0.15) is 0 Å². The summed E-state index contributed by atoms with van der Waals surface area (Å²) in [6.45, 7) is 17.3. The van der Waals surface area contributed by atoms with Crippen LogP contribution in [0.15, 0.2) is 24.3 Å². The van der Waals surface area contributed by atoms with Crippen molar-refractivity contribution in [1.29, 1.82) is 0 Å². The predicted molar refractivity (Wildman–Crippen MR) is 98.5 cm³/mol. The van der Waals surface area contributed by atoms with Crippen LogP contribution < -0.4 is 0 Å². The molecule has 0 unspecified atom stereocenters. The first-order valence-corrected chi connectivity index (χ1v) is 9.67. The molecule has 2 heteroatoms. The molecule has 0 aliphatic heterocycles. The van der Waals surface area contributed by atoms with Crippen molar-refractivity contribution in [2.45, 2.75) is 78.7 Å². The third kappa shape index (κ3) is 2.76. The molecule has 134 valence electrons. The molecule has 3 rings (SSSR count). The summed E-state index contributed by atoms with van der Waals surface area (Å²) in [4.78, 5) is 11.5. The molecule has 3 aliphatic carbocycles. The highest BCUT2D eigenvalue weighted by Crippen LogP contribution is 2.66. The van der Waals surface area contributed by atoms with E-state index in [1.165, 1.54) is 44.6 Å². The summed E-state index contributed by atoms with van der Waals surface area (Å²) >= 11 is 0. The van der Waals surface area contributed by atoms with E-state index in [9.17, 15) is 4.79 Å². The van der Waals surface area contributed by atoms with Crippen LogP contribution in [0.2, 0.25) is 0 Å². The summed E-state index contributed by atoms with van der Waals surface area (Å²) in [5.41, 5.74) is 3.16. The fraction of sp³-hybridized carbons (Fsp3) is 0.773. The quantitative estimate of drug-likeness (QED) is 0.481. The summed E-state index contributed by atoms with van der Waals surface area (Å²) in [5.74, 6) is 2.01. The summed E-state index contributed by atoms with van der Waals surface area (Å²) in [5, 5.41) is 0. The molecule has 0 saturated heterocycles. The van der Waals surface area contributed by atoms with Crippen molar-refractivity contribution in [1.82, 2.24) is 0 Å². The minimum absolute atomic E-state index is 0.0870. The molecule has 0 spiro atoms. The fourth-order valence-electron chi connectivity index (χ4n) is 6.63. The summed E-state index contributed by atoms with van der Waals surface area (Å²) in [6.07, 6.45) is 8.22. The molecule has 24 heavy (non-hydrogen) atoms. The van der Waals surface area contributed by atoms with Gasteiger partial charge in [-0.1, -0.05) is 32.6 Å². The second-order valence-corrected chi connectivity index (χ2v) is 9.35. The van der Waals surface area contributed by atoms with Crippen LogP contribution in [0.1, 0.15) is 72.6 Å². The summed E-state index contributed by atoms with van der Waals surface area (Å²) in [7, 11) is 0. The van der Waals surface area contributed by atoms with E-state index < -0.39 is 0 Å². The number of allylic oxidation sites excluding steroid dienone is 1. The van der Waals surface area contributed by atoms with Gasteiger partial charge in [-0.05, 0) is 86.0 Å². The molecule has 0 aromatic heterocycles. The lowest BCUT2D eigenvalue weighted by molar-refractivity contribution is -0.147. The maximum atomic E-state index is 11.5. The maximum absolute atomic E-state index is 11.5. The van der Waals surface area contributed by atoms with E-state index in [4.69, 9.17) is 4.74 Å². The smallest absolute Gasteiger partial charge is 0.303 e. The van der Waals surface area contributed by atoms with Crippen LogP contribution >= 0.6 is 0 Å². The number of hydrogen-bond acceptors (Lipinski definition) is 2. The number of hydrogen-bond donors (Lipinski definition) is 0. The first-order valence-electron chi connectivity index (χ1n) is 9.67. The van der Waals surface area contributed by atoms with E-state index in [0.29, 0.717) is 17.3 Å². The van der Waals surface area contributed by atoms with Crippen molar-refractivity contribution in [3.05, 3.63) is 24.3 Å². The molecule has 0 aromatic carbocycles. The molecule has 0 bridgehead atoms. The minimum atomic E-state index is -0.175. The van der Waals surface area contributed by atoms with Gasteiger partial charge in [0.25, 0.3) is 0 Å². The average Bonchev–Trinajstić information content (AvgIpc) is 2.75. The Hall–Kier alpha value is -1.05. The lowest BCUT2D eigenvalue weighted by Crippen LogP contribution is -2.48. The number of carbonyl (C=O) groups excluding carboxylic acids is 1. The Morgan fingerprint density at radius 1 is 1.17 bits per heavy atom. The van der Waals surface area contributed by atoms with Crippen molar-refractivity contribution in [2.75, 3.05) is 0 Å². The van der Waals surface area contributed by atoms with E-state index in [1.54, 1.807) is 0 Å². The Labute approximate surface area is 147 Å². The van der Waals surface area contributed by atoms with E-state index in [-0.39, 0.29) is 17.5 Å². The van der Waals surface area contributed by atoms with Crippen molar-refractivity contribution in [2.24, 2.45) is 28.6 Å². The SMILES string of the molecule is C=C1CC[C@@H]2[C@](C)(CC[C@@H]3[C@H](C(=C)C)CC[C@]32C)C[C@@H]1OC(C)=O. The minimum Gasteiger partial charge on any atom is -0.458 e. The molecule has 0 heterocycles. The third-order valence-electron chi connectivity index (χ3n) is 7.79. The lowest BCUT2D eigenvalue weighted by Gasteiger charge is -2.55. The Kier molecular flexibility index (Phi) is 4.47. The lowest BCUT2D eigenvalue weighted by atomic mass is 9.50. The van der Waals surface area contributed by atoms with Crippen LogP contribution in [-0.2, 0) is 9.53 Å². The predicted octanol–water partition coefficient (Wildman–Crippen LogP) is 5.68. The average molecular weight is 331 g/mol. The van der Waals surface area contributed by atoms with Crippen LogP contribution in [0.4, 0.5) is 0 Å². The molecule has 3 saturated carbocycles. The van der Waals surface area contributed by atoms with Gasteiger partial charge in [0.15, 0.2) is 0 Å². The van der Waals surface area contributed by atoms with Crippen LogP contribution in [0, 0.1) is 28.6 Å².